The molecular weight excluding hydrogens is 378 g/mol. The van der Waals surface area contributed by atoms with E-state index in [1.54, 1.807) is 16.9 Å². The highest BCUT2D eigenvalue weighted by molar-refractivity contribution is 5.83. The Morgan fingerprint density at radius 2 is 1.93 bits per heavy atom. The van der Waals surface area contributed by atoms with E-state index in [1.165, 1.54) is 0 Å². The molecule has 2 aromatic carbocycles. The lowest BCUT2D eigenvalue weighted by Gasteiger charge is -2.09. The quantitative estimate of drug-likeness (QED) is 0.430. The van der Waals surface area contributed by atoms with Crippen LogP contribution in [0.4, 0.5) is 17.3 Å². The van der Waals surface area contributed by atoms with E-state index < -0.39 is 0 Å². The summed E-state index contributed by atoms with van der Waals surface area (Å²) in [7, 11) is 1.90. The molecule has 0 aliphatic heterocycles. The maximum absolute atomic E-state index is 5.96. The standard InChI is InChI=1S/C22H19N7O/c1-28-11-9-20(27-28)29-12-8-15-13-18(5-6-19(15)29)30-21-7-10-24-22(26-21)25-17-4-2-3-16(23)14-17/h2-14H,23H2,1H3,(H,24,25,26). The van der Waals surface area contributed by atoms with Crippen molar-refractivity contribution < 1.29 is 4.74 Å². The van der Waals surface area contributed by atoms with E-state index >= 15 is 0 Å². The maximum Gasteiger partial charge on any atom is 0.230 e. The zero-order chi connectivity index (χ0) is 20.5. The minimum Gasteiger partial charge on any atom is -0.439 e. The van der Waals surface area contributed by atoms with Gasteiger partial charge in [0.05, 0.1) is 5.52 Å². The van der Waals surface area contributed by atoms with Gasteiger partial charge in [-0.25, -0.2) is 4.98 Å². The molecule has 8 nitrogen and oxygen atoms in total. The predicted molar refractivity (Wildman–Crippen MR) is 116 cm³/mol. The molecule has 0 saturated heterocycles. The average molecular weight is 397 g/mol. The topological polar surface area (TPSA) is 95.8 Å². The molecule has 0 fully saturated rings. The summed E-state index contributed by atoms with van der Waals surface area (Å²) in [6.45, 7) is 0. The molecule has 8 heteroatoms. The minimum atomic E-state index is 0.431. The third-order valence-electron chi connectivity index (χ3n) is 4.60. The molecule has 3 heterocycles. The van der Waals surface area contributed by atoms with Crippen LogP contribution in [0.25, 0.3) is 16.7 Å². The van der Waals surface area contributed by atoms with Gasteiger partial charge in [0.15, 0.2) is 5.82 Å². The number of nitrogens with two attached hydrogens (primary N) is 1. The number of aryl methyl sites for hydroxylation is 1. The van der Waals surface area contributed by atoms with Crippen molar-refractivity contribution >= 4 is 28.2 Å². The number of fused-ring (bicyclic) bond motifs is 1. The average Bonchev–Trinajstić information content (AvgIpc) is 3.34. The Labute approximate surface area is 172 Å². The number of nitrogens with zero attached hydrogens (tertiary/aromatic N) is 5. The first-order valence-electron chi connectivity index (χ1n) is 9.39. The van der Waals surface area contributed by atoms with Gasteiger partial charge >= 0.3 is 0 Å². The van der Waals surface area contributed by atoms with Crippen molar-refractivity contribution in [1.29, 1.82) is 0 Å². The Morgan fingerprint density at radius 1 is 1.00 bits per heavy atom. The Kier molecular flexibility index (Phi) is 4.29. The van der Waals surface area contributed by atoms with Crippen molar-refractivity contribution in [3.63, 3.8) is 0 Å². The van der Waals surface area contributed by atoms with Crippen LogP contribution < -0.4 is 15.8 Å². The molecule has 0 amide bonds. The van der Waals surface area contributed by atoms with E-state index in [0.717, 1.165) is 22.4 Å². The summed E-state index contributed by atoms with van der Waals surface area (Å²) < 4.78 is 9.78. The second-order valence-corrected chi connectivity index (χ2v) is 6.82. The fourth-order valence-electron chi connectivity index (χ4n) is 3.24. The second kappa shape index (κ2) is 7.25. The molecule has 0 unspecified atom stereocenters. The van der Waals surface area contributed by atoms with Crippen LogP contribution >= 0.6 is 0 Å². The molecule has 0 aliphatic carbocycles. The number of hydrogen-bond donors (Lipinski definition) is 2. The molecule has 30 heavy (non-hydrogen) atoms. The first-order chi connectivity index (χ1) is 14.6. The highest BCUT2D eigenvalue weighted by atomic mass is 16.5. The molecule has 0 atom stereocenters. The summed E-state index contributed by atoms with van der Waals surface area (Å²) in [4.78, 5) is 8.66. The normalized spacial score (nSPS) is 11.0. The van der Waals surface area contributed by atoms with Gasteiger partial charge in [-0.2, -0.15) is 10.1 Å². The van der Waals surface area contributed by atoms with Gasteiger partial charge in [0, 0.05) is 54.5 Å². The molecule has 3 aromatic heterocycles. The van der Waals surface area contributed by atoms with E-state index in [9.17, 15) is 0 Å². The summed E-state index contributed by atoms with van der Waals surface area (Å²) in [5.41, 5.74) is 8.34. The van der Waals surface area contributed by atoms with Crippen LogP contribution in [0.3, 0.4) is 0 Å². The largest absolute Gasteiger partial charge is 0.439 e. The summed E-state index contributed by atoms with van der Waals surface area (Å²) in [5, 5.41) is 8.64. The minimum absolute atomic E-state index is 0.431. The van der Waals surface area contributed by atoms with Crippen LogP contribution in [0.5, 0.6) is 11.6 Å². The van der Waals surface area contributed by atoms with Crippen molar-refractivity contribution in [1.82, 2.24) is 24.3 Å². The number of hydrogen-bond acceptors (Lipinski definition) is 6. The number of rotatable bonds is 5. The van der Waals surface area contributed by atoms with E-state index in [0.29, 0.717) is 23.3 Å². The third kappa shape index (κ3) is 3.53. The van der Waals surface area contributed by atoms with Crippen LogP contribution in [0.15, 0.2) is 79.3 Å². The summed E-state index contributed by atoms with van der Waals surface area (Å²) >= 11 is 0. The lowest BCUT2D eigenvalue weighted by molar-refractivity contribution is 0.463. The van der Waals surface area contributed by atoms with Crippen molar-refractivity contribution in [2.45, 2.75) is 0 Å². The van der Waals surface area contributed by atoms with Crippen LogP contribution in [0, 0.1) is 0 Å². The van der Waals surface area contributed by atoms with E-state index in [2.05, 4.69) is 20.4 Å². The third-order valence-corrected chi connectivity index (χ3v) is 4.60. The van der Waals surface area contributed by atoms with Gasteiger partial charge in [0.25, 0.3) is 0 Å². The molecule has 0 bridgehead atoms. The van der Waals surface area contributed by atoms with Crippen molar-refractivity contribution in [3.8, 4) is 17.4 Å². The van der Waals surface area contributed by atoms with Gasteiger partial charge in [-0.15, -0.1) is 0 Å². The van der Waals surface area contributed by atoms with Gasteiger partial charge in [0.1, 0.15) is 5.75 Å². The molecule has 0 saturated carbocycles. The monoisotopic (exact) mass is 397 g/mol. The van der Waals surface area contributed by atoms with E-state index in [4.69, 9.17) is 10.5 Å². The fourth-order valence-corrected chi connectivity index (χ4v) is 3.24. The second-order valence-electron chi connectivity index (χ2n) is 6.82. The first-order valence-corrected chi connectivity index (χ1v) is 9.39. The highest BCUT2D eigenvalue weighted by Gasteiger charge is 2.08. The molecule has 0 radical (unpaired) electrons. The zero-order valence-electron chi connectivity index (χ0n) is 16.2. The lowest BCUT2D eigenvalue weighted by atomic mass is 10.2. The SMILES string of the molecule is Cn1ccc(-n2ccc3cc(Oc4ccnc(Nc5cccc(N)c5)n4)ccc32)n1. The Bertz CT molecular complexity index is 1340. The van der Waals surface area contributed by atoms with Crippen LogP contribution in [0.1, 0.15) is 0 Å². The van der Waals surface area contributed by atoms with Gasteiger partial charge in [-0.3, -0.25) is 9.25 Å². The number of nitrogens with one attached hydrogen (secondary N) is 1. The van der Waals surface area contributed by atoms with E-state index in [1.807, 2.05) is 78.6 Å². The first kappa shape index (κ1) is 17.7. The van der Waals surface area contributed by atoms with Crippen molar-refractivity contribution in [2.24, 2.45) is 7.05 Å². The van der Waals surface area contributed by atoms with Gasteiger partial charge in [-0.05, 0) is 42.5 Å². The highest BCUT2D eigenvalue weighted by Crippen LogP contribution is 2.27. The molecule has 3 N–H and O–H groups in total. The molecule has 5 aromatic rings. The van der Waals surface area contributed by atoms with Gasteiger partial charge in [0.2, 0.25) is 11.8 Å². The number of benzene rings is 2. The van der Waals surface area contributed by atoms with Crippen LogP contribution in [-0.4, -0.2) is 24.3 Å². The molecule has 0 aliphatic rings. The lowest BCUT2D eigenvalue weighted by Crippen LogP contribution is -1.99. The van der Waals surface area contributed by atoms with Crippen LogP contribution in [0.2, 0.25) is 0 Å². The van der Waals surface area contributed by atoms with Crippen LogP contribution in [-0.2, 0) is 7.05 Å². The maximum atomic E-state index is 5.96. The van der Waals surface area contributed by atoms with Gasteiger partial charge < -0.3 is 15.8 Å². The predicted octanol–water partition coefficient (Wildman–Crippen LogP) is 4.27. The molecule has 0 spiro atoms. The Balaban J connectivity index is 1.38. The van der Waals surface area contributed by atoms with E-state index in [-0.39, 0.29) is 0 Å². The summed E-state index contributed by atoms with van der Waals surface area (Å²) in [6, 6.07) is 19.0. The summed E-state index contributed by atoms with van der Waals surface area (Å²) in [6.07, 6.45) is 5.56. The zero-order valence-corrected chi connectivity index (χ0v) is 16.2. The fraction of sp³-hybridized carbons (Fsp3) is 0.0455. The molecule has 5 rings (SSSR count). The number of ether oxygens (including phenoxy) is 1. The number of nitrogen functional groups attached to an aromatic ring is 1. The molecular formula is C22H19N7O. The summed E-state index contributed by atoms with van der Waals surface area (Å²) in [5.74, 6) is 2.43. The van der Waals surface area contributed by atoms with Crippen molar-refractivity contribution in [3.05, 3.63) is 79.3 Å². The van der Waals surface area contributed by atoms with Gasteiger partial charge in [-0.1, -0.05) is 6.07 Å². The number of anilines is 3. The number of aromatic nitrogens is 5. The van der Waals surface area contributed by atoms with Crippen molar-refractivity contribution in [2.75, 3.05) is 11.1 Å². The Morgan fingerprint density at radius 3 is 2.77 bits per heavy atom. The Hall–Kier alpha value is -4.33. The molecule has 148 valence electrons. The smallest absolute Gasteiger partial charge is 0.230 e.